The molecule has 0 radical (unpaired) electrons. The molecule has 10 heteroatoms. The first-order valence-electron chi connectivity index (χ1n) is 9.55. The zero-order valence-electron chi connectivity index (χ0n) is 17.5. The fourth-order valence-electron chi connectivity index (χ4n) is 3.09. The number of sulfonamides is 1. The number of hydrogen-bond acceptors (Lipinski definition) is 4. The van der Waals surface area contributed by atoms with Crippen LogP contribution in [0.2, 0.25) is 0 Å². The van der Waals surface area contributed by atoms with Gasteiger partial charge in [0.15, 0.2) is 0 Å². The summed E-state index contributed by atoms with van der Waals surface area (Å²) in [6, 6.07) is 9.27. The molecule has 2 amide bonds. The lowest BCUT2D eigenvalue weighted by molar-refractivity contribution is -0.140. The van der Waals surface area contributed by atoms with Crippen LogP contribution in [0.3, 0.4) is 0 Å². The van der Waals surface area contributed by atoms with E-state index in [1.54, 1.807) is 6.92 Å². The molecular weight excluding hydrogens is 428 g/mol. The second-order valence-electron chi connectivity index (χ2n) is 6.93. The van der Waals surface area contributed by atoms with Crippen molar-refractivity contribution in [3.63, 3.8) is 0 Å². The van der Waals surface area contributed by atoms with E-state index in [2.05, 4.69) is 5.32 Å². The summed E-state index contributed by atoms with van der Waals surface area (Å²) in [6.07, 6.45) is 1.21. The number of nitrogens with zero attached hydrogens (tertiary/aromatic N) is 2. The molecule has 168 valence electrons. The maximum Gasteiger partial charge on any atom is 0.244 e. The van der Waals surface area contributed by atoms with E-state index >= 15 is 0 Å². The lowest BCUT2D eigenvalue weighted by Gasteiger charge is -2.32. The number of nitrogens with one attached hydrogen (secondary N) is 1. The van der Waals surface area contributed by atoms with Gasteiger partial charge < -0.3 is 10.2 Å². The number of likely N-dealkylation sites (N-methyl/N-ethyl adjacent to an activating group) is 1. The Morgan fingerprint density at radius 1 is 1.00 bits per heavy atom. The van der Waals surface area contributed by atoms with Gasteiger partial charge in [-0.15, -0.1) is 0 Å². The fraction of sp³-hybridized carbons (Fsp3) is 0.333. The van der Waals surface area contributed by atoms with Gasteiger partial charge in [0.05, 0.1) is 11.9 Å². The predicted molar refractivity (Wildman–Crippen MR) is 114 cm³/mol. The molecule has 2 rings (SSSR count). The van der Waals surface area contributed by atoms with Crippen molar-refractivity contribution in [3.05, 3.63) is 65.7 Å². The zero-order chi connectivity index (χ0) is 23.2. The molecule has 0 saturated carbocycles. The number of amides is 2. The molecule has 1 atom stereocenters. The normalized spacial score (nSPS) is 12.2. The number of anilines is 1. The minimum absolute atomic E-state index is 0.0218. The molecule has 0 fully saturated rings. The SMILES string of the molecule is CCC(C(=O)NC)N(Cc1ccc(F)cc1)C(=O)CN(c1ccc(F)cc1)S(C)(=O)=O. The first-order valence-corrected chi connectivity index (χ1v) is 11.4. The van der Waals surface area contributed by atoms with Crippen LogP contribution in [-0.2, 0) is 26.2 Å². The third-order valence-electron chi connectivity index (χ3n) is 4.69. The van der Waals surface area contributed by atoms with E-state index in [4.69, 9.17) is 0 Å². The van der Waals surface area contributed by atoms with Crippen molar-refractivity contribution in [2.45, 2.75) is 25.9 Å². The Morgan fingerprint density at radius 3 is 1.97 bits per heavy atom. The van der Waals surface area contributed by atoms with Crippen molar-refractivity contribution in [1.82, 2.24) is 10.2 Å². The number of hydrogen-bond donors (Lipinski definition) is 1. The number of benzene rings is 2. The Kier molecular flexibility index (Phi) is 8.09. The summed E-state index contributed by atoms with van der Waals surface area (Å²) in [5.74, 6) is -2.04. The van der Waals surface area contributed by atoms with Crippen LogP contribution in [0.25, 0.3) is 0 Å². The molecule has 7 nitrogen and oxygen atoms in total. The van der Waals surface area contributed by atoms with E-state index in [9.17, 15) is 26.8 Å². The van der Waals surface area contributed by atoms with E-state index in [0.717, 1.165) is 22.7 Å². The van der Waals surface area contributed by atoms with Gasteiger partial charge in [0, 0.05) is 13.6 Å². The maximum absolute atomic E-state index is 13.3. The number of rotatable bonds is 9. The van der Waals surface area contributed by atoms with E-state index < -0.39 is 46.1 Å². The Hall–Kier alpha value is -3.01. The van der Waals surface area contributed by atoms with Gasteiger partial charge in [-0.25, -0.2) is 17.2 Å². The van der Waals surface area contributed by atoms with Gasteiger partial charge in [-0.3, -0.25) is 13.9 Å². The second kappa shape index (κ2) is 10.3. The highest BCUT2D eigenvalue weighted by atomic mass is 32.2. The monoisotopic (exact) mass is 453 g/mol. The molecular formula is C21H25F2N3O4S. The van der Waals surface area contributed by atoms with Crippen LogP contribution in [0.15, 0.2) is 48.5 Å². The van der Waals surface area contributed by atoms with Gasteiger partial charge in [0.2, 0.25) is 21.8 Å². The molecule has 0 bridgehead atoms. The maximum atomic E-state index is 13.3. The molecule has 31 heavy (non-hydrogen) atoms. The van der Waals surface area contributed by atoms with Crippen LogP contribution >= 0.6 is 0 Å². The lowest BCUT2D eigenvalue weighted by Crippen LogP contribution is -2.51. The third kappa shape index (κ3) is 6.48. The lowest BCUT2D eigenvalue weighted by atomic mass is 10.1. The van der Waals surface area contributed by atoms with Crippen molar-refractivity contribution in [3.8, 4) is 0 Å². The van der Waals surface area contributed by atoms with Crippen LogP contribution in [0.5, 0.6) is 0 Å². The average Bonchev–Trinajstić information content (AvgIpc) is 2.72. The van der Waals surface area contributed by atoms with Crippen LogP contribution in [0.4, 0.5) is 14.5 Å². The van der Waals surface area contributed by atoms with E-state index in [1.165, 1.54) is 48.3 Å². The Morgan fingerprint density at radius 2 is 1.52 bits per heavy atom. The van der Waals surface area contributed by atoms with E-state index in [-0.39, 0.29) is 18.7 Å². The van der Waals surface area contributed by atoms with Crippen LogP contribution in [-0.4, -0.2) is 51.0 Å². The average molecular weight is 454 g/mol. The van der Waals surface area contributed by atoms with Crippen LogP contribution < -0.4 is 9.62 Å². The summed E-state index contributed by atoms with van der Waals surface area (Å²) < 4.78 is 52.1. The zero-order valence-corrected chi connectivity index (χ0v) is 18.3. The van der Waals surface area contributed by atoms with E-state index in [0.29, 0.717) is 5.56 Å². The summed E-state index contributed by atoms with van der Waals surface area (Å²) in [6.45, 7) is 1.12. The number of carbonyl (C=O) groups excluding carboxylic acids is 2. The quantitative estimate of drug-likeness (QED) is 0.631. The Labute approximate surface area is 180 Å². The summed E-state index contributed by atoms with van der Waals surface area (Å²) in [5.41, 5.74) is 0.691. The van der Waals surface area contributed by atoms with Gasteiger partial charge >= 0.3 is 0 Å². The first-order chi connectivity index (χ1) is 14.6. The molecule has 1 unspecified atom stereocenters. The van der Waals surface area contributed by atoms with Gasteiger partial charge in [-0.2, -0.15) is 0 Å². The standard InChI is InChI=1S/C21H25F2N3O4S/c1-4-19(21(28)24-2)25(13-15-5-7-16(22)8-6-15)20(27)14-26(31(3,29)30)18-11-9-17(23)10-12-18/h5-12,19H,4,13-14H2,1-3H3,(H,24,28). The molecule has 0 aliphatic carbocycles. The van der Waals surface area contributed by atoms with Crippen LogP contribution in [0.1, 0.15) is 18.9 Å². The smallest absolute Gasteiger partial charge is 0.244 e. The molecule has 0 aliphatic heterocycles. The minimum Gasteiger partial charge on any atom is -0.357 e. The largest absolute Gasteiger partial charge is 0.357 e. The Bertz CT molecular complexity index is 1010. The second-order valence-corrected chi connectivity index (χ2v) is 8.84. The molecule has 0 aliphatic rings. The highest BCUT2D eigenvalue weighted by Crippen LogP contribution is 2.20. The van der Waals surface area contributed by atoms with Gasteiger partial charge in [-0.1, -0.05) is 19.1 Å². The highest BCUT2D eigenvalue weighted by Gasteiger charge is 2.31. The van der Waals surface area contributed by atoms with Crippen molar-refractivity contribution in [2.24, 2.45) is 0 Å². The van der Waals surface area contributed by atoms with Crippen molar-refractivity contribution in [2.75, 3.05) is 24.2 Å². The highest BCUT2D eigenvalue weighted by molar-refractivity contribution is 7.92. The number of halogens is 2. The first kappa shape index (κ1) is 24.3. The Balaban J connectivity index is 2.40. The van der Waals surface area contributed by atoms with Gasteiger partial charge in [0.25, 0.3) is 0 Å². The summed E-state index contributed by atoms with van der Waals surface area (Å²) in [4.78, 5) is 26.9. The minimum atomic E-state index is -3.88. The molecule has 0 saturated heterocycles. The molecule has 2 aromatic carbocycles. The molecule has 1 N–H and O–H groups in total. The molecule has 0 aromatic heterocycles. The molecule has 2 aromatic rings. The van der Waals surface area contributed by atoms with Crippen molar-refractivity contribution >= 4 is 27.5 Å². The fourth-order valence-corrected chi connectivity index (χ4v) is 3.94. The number of carbonyl (C=O) groups is 2. The topological polar surface area (TPSA) is 86.8 Å². The summed E-state index contributed by atoms with van der Waals surface area (Å²) in [5, 5.41) is 2.50. The summed E-state index contributed by atoms with van der Waals surface area (Å²) in [7, 11) is -2.45. The third-order valence-corrected chi connectivity index (χ3v) is 5.83. The van der Waals surface area contributed by atoms with Crippen LogP contribution in [0, 0.1) is 11.6 Å². The molecule has 0 heterocycles. The van der Waals surface area contributed by atoms with E-state index in [1.807, 2.05) is 0 Å². The van der Waals surface area contributed by atoms with Crippen molar-refractivity contribution < 1.29 is 26.8 Å². The van der Waals surface area contributed by atoms with Crippen molar-refractivity contribution in [1.29, 1.82) is 0 Å². The van der Waals surface area contributed by atoms with Gasteiger partial charge in [-0.05, 0) is 48.4 Å². The molecule has 0 spiro atoms. The predicted octanol–water partition coefficient (Wildman–Crippen LogP) is 2.28. The summed E-state index contributed by atoms with van der Waals surface area (Å²) >= 11 is 0. The van der Waals surface area contributed by atoms with Gasteiger partial charge in [0.1, 0.15) is 24.2 Å².